The van der Waals surface area contributed by atoms with Gasteiger partial charge in [-0.1, -0.05) is 36.4 Å². The predicted molar refractivity (Wildman–Crippen MR) is 120 cm³/mol. The fourth-order valence-corrected chi connectivity index (χ4v) is 3.63. The lowest BCUT2D eigenvalue weighted by Crippen LogP contribution is -2.32. The summed E-state index contributed by atoms with van der Waals surface area (Å²) < 4.78 is 50.3. The number of carbonyl (C=O) groups is 2. The van der Waals surface area contributed by atoms with Crippen molar-refractivity contribution >= 4 is 28.8 Å². The standard InChI is InChI=1S/C25H19F3N2O4/c1-33-19-12-11-17(14-20(19)34-2)29-22-21(15-7-4-3-5-8-15)23(31)30(24(22)32)18-10-6-9-16(13-18)25(26,27)28/h3-14,29H,1-2H3. The van der Waals surface area contributed by atoms with E-state index in [1.165, 1.54) is 20.3 Å². The molecule has 0 bridgehead atoms. The van der Waals surface area contributed by atoms with E-state index in [1.54, 1.807) is 48.5 Å². The number of hydrogen-bond acceptors (Lipinski definition) is 5. The Balaban J connectivity index is 1.80. The number of alkyl halides is 3. The molecule has 174 valence electrons. The summed E-state index contributed by atoms with van der Waals surface area (Å²) in [5, 5.41) is 2.95. The number of hydrogen-bond donors (Lipinski definition) is 1. The van der Waals surface area contributed by atoms with Crippen LogP contribution in [0.3, 0.4) is 0 Å². The van der Waals surface area contributed by atoms with Gasteiger partial charge in [-0.05, 0) is 35.9 Å². The van der Waals surface area contributed by atoms with Crippen molar-refractivity contribution in [3.63, 3.8) is 0 Å². The number of benzene rings is 3. The lowest BCUT2D eigenvalue weighted by molar-refractivity contribution is -0.137. The van der Waals surface area contributed by atoms with E-state index < -0.39 is 23.6 Å². The first-order chi connectivity index (χ1) is 16.2. The second-order valence-electron chi connectivity index (χ2n) is 7.30. The van der Waals surface area contributed by atoms with Gasteiger partial charge in [-0.3, -0.25) is 9.59 Å². The van der Waals surface area contributed by atoms with Gasteiger partial charge in [0.15, 0.2) is 11.5 Å². The van der Waals surface area contributed by atoms with E-state index in [9.17, 15) is 22.8 Å². The fourth-order valence-electron chi connectivity index (χ4n) is 3.63. The van der Waals surface area contributed by atoms with Gasteiger partial charge in [0, 0.05) is 11.8 Å². The van der Waals surface area contributed by atoms with E-state index in [2.05, 4.69) is 5.32 Å². The average Bonchev–Trinajstić information content (AvgIpc) is 3.08. The van der Waals surface area contributed by atoms with Crippen LogP contribution in [-0.4, -0.2) is 26.0 Å². The Hall–Kier alpha value is -4.27. The number of rotatable bonds is 6. The van der Waals surface area contributed by atoms with Gasteiger partial charge in [0.25, 0.3) is 11.8 Å². The molecule has 0 aromatic heterocycles. The lowest BCUT2D eigenvalue weighted by atomic mass is 10.0. The minimum absolute atomic E-state index is 0.0396. The molecule has 1 heterocycles. The van der Waals surface area contributed by atoms with Crippen molar-refractivity contribution in [1.82, 2.24) is 0 Å². The topological polar surface area (TPSA) is 67.9 Å². The van der Waals surface area contributed by atoms with Crippen molar-refractivity contribution in [3.8, 4) is 11.5 Å². The van der Waals surface area contributed by atoms with Crippen molar-refractivity contribution in [2.24, 2.45) is 0 Å². The van der Waals surface area contributed by atoms with Crippen LogP contribution in [0.25, 0.3) is 5.57 Å². The van der Waals surface area contributed by atoms with Gasteiger partial charge in [-0.15, -0.1) is 0 Å². The number of halogens is 3. The van der Waals surface area contributed by atoms with Crippen molar-refractivity contribution in [2.75, 3.05) is 24.4 Å². The first kappa shape index (κ1) is 22.9. The van der Waals surface area contributed by atoms with Gasteiger partial charge in [-0.2, -0.15) is 13.2 Å². The highest BCUT2D eigenvalue weighted by atomic mass is 19.4. The molecule has 0 atom stereocenters. The van der Waals surface area contributed by atoms with Crippen molar-refractivity contribution in [2.45, 2.75) is 6.18 Å². The molecular formula is C25H19F3N2O4. The average molecular weight is 468 g/mol. The minimum Gasteiger partial charge on any atom is -0.493 e. The summed E-state index contributed by atoms with van der Waals surface area (Å²) in [7, 11) is 2.93. The molecule has 0 fully saturated rings. The van der Waals surface area contributed by atoms with Crippen LogP contribution in [0, 0.1) is 0 Å². The fraction of sp³-hybridized carbons (Fsp3) is 0.120. The van der Waals surface area contributed by atoms with E-state index in [1.807, 2.05) is 0 Å². The van der Waals surface area contributed by atoms with Crippen LogP contribution < -0.4 is 19.7 Å². The van der Waals surface area contributed by atoms with Crippen LogP contribution >= 0.6 is 0 Å². The summed E-state index contributed by atoms with van der Waals surface area (Å²) in [5.74, 6) is -0.665. The van der Waals surface area contributed by atoms with Gasteiger partial charge < -0.3 is 14.8 Å². The Labute approximate surface area is 193 Å². The van der Waals surface area contributed by atoms with Crippen molar-refractivity contribution < 1.29 is 32.2 Å². The quantitative estimate of drug-likeness (QED) is 0.509. The molecular weight excluding hydrogens is 449 g/mol. The normalized spacial score (nSPS) is 14.0. The summed E-state index contributed by atoms with van der Waals surface area (Å²) in [6.07, 6.45) is -4.63. The zero-order valence-electron chi connectivity index (χ0n) is 18.1. The predicted octanol–water partition coefficient (Wildman–Crippen LogP) is 5.12. The van der Waals surface area contributed by atoms with Gasteiger partial charge in [0.2, 0.25) is 0 Å². The third-order valence-electron chi connectivity index (χ3n) is 5.23. The third-order valence-corrected chi connectivity index (χ3v) is 5.23. The van der Waals surface area contributed by atoms with Gasteiger partial charge in [-0.25, -0.2) is 4.90 Å². The molecule has 0 saturated heterocycles. The van der Waals surface area contributed by atoms with E-state index in [-0.39, 0.29) is 17.0 Å². The smallest absolute Gasteiger partial charge is 0.416 e. The van der Waals surface area contributed by atoms with Gasteiger partial charge >= 0.3 is 6.18 Å². The number of amides is 2. The molecule has 34 heavy (non-hydrogen) atoms. The maximum Gasteiger partial charge on any atom is 0.416 e. The van der Waals surface area contributed by atoms with Crippen LogP contribution in [0.5, 0.6) is 11.5 Å². The molecule has 4 rings (SSSR count). The molecule has 0 radical (unpaired) electrons. The van der Waals surface area contributed by atoms with Crippen LogP contribution in [-0.2, 0) is 15.8 Å². The molecule has 1 aliphatic rings. The Bertz CT molecular complexity index is 1290. The van der Waals surface area contributed by atoms with Crippen LogP contribution in [0.1, 0.15) is 11.1 Å². The van der Waals surface area contributed by atoms with E-state index in [4.69, 9.17) is 9.47 Å². The molecule has 1 N–H and O–H groups in total. The molecule has 0 spiro atoms. The third kappa shape index (κ3) is 4.19. The second-order valence-corrected chi connectivity index (χ2v) is 7.30. The minimum atomic E-state index is -4.63. The number of imide groups is 1. The molecule has 6 nitrogen and oxygen atoms in total. The first-order valence-electron chi connectivity index (χ1n) is 10.1. The highest BCUT2D eigenvalue weighted by Gasteiger charge is 2.41. The number of anilines is 2. The Morgan fingerprint density at radius 2 is 1.50 bits per heavy atom. The first-order valence-corrected chi connectivity index (χ1v) is 10.1. The molecule has 0 aliphatic carbocycles. The van der Waals surface area contributed by atoms with E-state index in [0.717, 1.165) is 23.1 Å². The Morgan fingerprint density at radius 1 is 0.794 bits per heavy atom. The van der Waals surface area contributed by atoms with Gasteiger partial charge in [0.05, 0.1) is 31.0 Å². The number of methoxy groups -OCH3 is 2. The maximum atomic E-state index is 13.4. The molecule has 1 aliphatic heterocycles. The van der Waals surface area contributed by atoms with Crippen molar-refractivity contribution in [3.05, 3.63) is 89.6 Å². The molecule has 0 unspecified atom stereocenters. The molecule has 3 aromatic carbocycles. The summed E-state index contributed by atoms with van der Waals surface area (Å²) in [4.78, 5) is 27.5. The zero-order valence-corrected chi connectivity index (χ0v) is 18.1. The van der Waals surface area contributed by atoms with Crippen LogP contribution in [0.2, 0.25) is 0 Å². The number of carbonyl (C=O) groups excluding carboxylic acids is 2. The Morgan fingerprint density at radius 3 is 2.15 bits per heavy atom. The summed E-state index contributed by atoms with van der Waals surface area (Å²) in [6, 6.07) is 17.4. The maximum absolute atomic E-state index is 13.4. The second kappa shape index (κ2) is 8.93. The highest BCUT2D eigenvalue weighted by molar-refractivity contribution is 6.46. The molecule has 0 saturated carbocycles. The zero-order chi connectivity index (χ0) is 24.5. The summed E-state index contributed by atoms with van der Waals surface area (Å²) in [5.41, 5.74) is -0.305. The van der Waals surface area contributed by atoms with E-state index >= 15 is 0 Å². The number of nitrogens with one attached hydrogen (secondary N) is 1. The largest absolute Gasteiger partial charge is 0.493 e. The van der Waals surface area contributed by atoms with E-state index in [0.29, 0.717) is 22.7 Å². The van der Waals surface area contributed by atoms with Gasteiger partial charge in [0.1, 0.15) is 5.70 Å². The molecule has 9 heteroatoms. The highest BCUT2D eigenvalue weighted by Crippen LogP contribution is 2.38. The molecule has 3 aromatic rings. The Kier molecular flexibility index (Phi) is 6.02. The number of nitrogens with zero attached hydrogens (tertiary/aromatic N) is 1. The van der Waals surface area contributed by atoms with Crippen LogP contribution in [0.15, 0.2) is 78.5 Å². The summed E-state index contributed by atoms with van der Waals surface area (Å²) in [6.45, 7) is 0. The monoisotopic (exact) mass is 468 g/mol. The van der Waals surface area contributed by atoms with Crippen molar-refractivity contribution in [1.29, 1.82) is 0 Å². The SMILES string of the molecule is COc1ccc(NC2=C(c3ccccc3)C(=O)N(c3cccc(C(F)(F)F)c3)C2=O)cc1OC. The van der Waals surface area contributed by atoms with Crippen LogP contribution in [0.4, 0.5) is 24.5 Å². The summed E-state index contributed by atoms with van der Waals surface area (Å²) >= 11 is 0. The number of ether oxygens (including phenoxy) is 2. The lowest BCUT2D eigenvalue weighted by Gasteiger charge is -2.17. The molecule has 2 amide bonds.